The molecule has 0 aliphatic rings. The number of aliphatic hydroxyl groups excluding tert-OH is 1. The van der Waals surface area contributed by atoms with E-state index in [4.69, 9.17) is 17.2 Å². The number of benzene rings is 3. The van der Waals surface area contributed by atoms with Crippen molar-refractivity contribution < 1.29 is 92.3 Å². The van der Waals surface area contributed by atoms with Gasteiger partial charge in [-0.2, -0.15) is 0 Å². The first-order valence-corrected chi connectivity index (χ1v) is 36.0. The van der Waals surface area contributed by atoms with Crippen LogP contribution < -0.4 is 81.0 Å². The number of rotatable bonds is 47. The van der Waals surface area contributed by atoms with Crippen molar-refractivity contribution in [1.29, 1.82) is 0 Å². The predicted molar refractivity (Wildman–Crippen MR) is 396 cm³/mol. The minimum atomic E-state index is -1.93. The number of nitrogens with one attached hydrogen (secondary N) is 12. The highest BCUT2D eigenvalue weighted by Crippen LogP contribution is 2.19. The number of carboxylic acids is 1. The van der Waals surface area contributed by atoms with E-state index in [9.17, 15) is 82.8 Å². The van der Waals surface area contributed by atoms with Gasteiger partial charge in [-0.05, 0) is 144 Å². The van der Waals surface area contributed by atoms with Gasteiger partial charge in [-0.15, -0.1) is 0 Å². The molecule has 0 aromatic heterocycles. The van der Waals surface area contributed by atoms with Gasteiger partial charge >= 0.3 is 5.97 Å². The number of aliphatic carboxylic acids is 1. The Bertz CT molecular complexity index is 3560. The van der Waals surface area contributed by atoms with Crippen molar-refractivity contribution in [3.8, 4) is 11.5 Å². The Morgan fingerprint density at radius 3 is 1.17 bits per heavy atom. The van der Waals surface area contributed by atoms with Gasteiger partial charge in [0.2, 0.25) is 82.7 Å². The quantitative estimate of drug-likeness (QED) is 0.0291. The van der Waals surface area contributed by atoms with Crippen LogP contribution >= 0.6 is 0 Å². The van der Waals surface area contributed by atoms with Crippen LogP contribution in [-0.4, -0.2) is 194 Å². The SMILES string of the molecule is CC(=O)N[C@@H](C)C(=O)N[C@@H](CCC(N)=O)C(=O)N[C@@H](CC(C)C)C(=O)N[C@@H](CC(C)C)C(=O)NC(C)(C)C(=O)N[C@@H](Cc1ccc(O)cc1)C(=O)N[C@@H](Cc1ccc(O)cc1)C(=O)N[C@@H](Cc1ccccc1)C(=O)N[C@H](C(=O)N[C@@H](CCC(=O)O)C(=O)N[C@@H](CC(C)C)C(=O)N[C@@H](CCCCN)C(N)=O)[C@@H](C)O. The third-order valence-corrected chi connectivity index (χ3v) is 17.0. The zero-order valence-corrected chi connectivity index (χ0v) is 63.2. The Hall–Kier alpha value is -10.8. The van der Waals surface area contributed by atoms with E-state index >= 15 is 9.59 Å². The lowest BCUT2D eigenvalue weighted by molar-refractivity contribution is -0.139. The molecule has 0 radical (unpaired) electrons. The normalized spacial score (nSPS) is 14.7. The van der Waals surface area contributed by atoms with Crippen LogP contribution in [-0.2, 0) is 91.2 Å². The highest BCUT2D eigenvalue weighted by Gasteiger charge is 2.40. The first-order chi connectivity index (χ1) is 50.6. The van der Waals surface area contributed by atoms with Gasteiger partial charge in [0, 0.05) is 39.0 Å². The second kappa shape index (κ2) is 45.0. The molecule has 34 nitrogen and oxygen atoms in total. The van der Waals surface area contributed by atoms with E-state index in [1.807, 2.05) is 0 Å². The van der Waals surface area contributed by atoms with Crippen LogP contribution in [0.25, 0.3) is 0 Å². The van der Waals surface area contributed by atoms with Crippen molar-refractivity contribution in [3.63, 3.8) is 0 Å². The zero-order chi connectivity index (χ0) is 81.3. The molecule has 34 heteroatoms. The molecule has 0 heterocycles. The maximum atomic E-state index is 15.1. The summed E-state index contributed by atoms with van der Waals surface area (Å²) in [6, 6.07) is 2.91. The average Bonchev–Trinajstić information content (AvgIpc) is 0.836. The van der Waals surface area contributed by atoms with Crippen LogP contribution in [0.4, 0.5) is 0 Å². The molecule has 0 saturated heterocycles. The number of carbonyl (C=O) groups excluding carboxylic acids is 14. The zero-order valence-electron chi connectivity index (χ0n) is 63.2. The molecule has 0 bridgehead atoms. The third kappa shape index (κ3) is 33.4. The summed E-state index contributed by atoms with van der Waals surface area (Å²) in [5.74, 6) is -15.2. The molecular formula is C74H111N15O19. The molecule has 14 amide bonds. The molecule has 596 valence electrons. The molecule has 12 atom stereocenters. The van der Waals surface area contributed by atoms with Crippen LogP contribution in [0, 0.1) is 17.8 Å². The Labute approximate surface area is 628 Å². The fourth-order valence-corrected chi connectivity index (χ4v) is 11.2. The van der Waals surface area contributed by atoms with Crippen molar-refractivity contribution in [2.24, 2.45) is 35.0 Å². The molecule has 3 rings (SSSR count). The first-order valence-electron chi connectivity index (χ1n) is 36.0. The molecular weight excluding hydrogens is 1400 g/mol. The van der Waals surface area contributed by atoms with Gasteiger partial charge in [-0.25, -0.2) is 0 Å². The number of primary amides is 2. The molecule has 0 unspecified atom stereocenters. The molecule has 0 aliphatic heterocycles. The maximum absolute atomic E-state index is 15.1. The Balaban J connectivity index is 2.06. The number of carboxylic acid groups (broad SMARTS) is 1. The molecule has 3 aromatic rings. The Kier molecular flexibility index (Phi) is 38.1. The van der Waals surface area contributed by atoms with Gasteiger partial charge in [-0.1, -0.05) is 96.1 Å². The number of phenolic OH excluding ortho intramolecular Hbond substituents is 2. The second-order valence-corrected chi connectivity index (χ2v) is 28.7. The minimum absolute atomic E-state index is 0.00353. The van der Waals surface area contributed by atoms with Crippen molar-refractivity contribution in [1.82, 2.24) is 63.8 Å². The summed E-state index contributed by atoms with van der Waals surface area (Å²) in [5.41, 5.74) is 15.8. The van der Waals surface area contributed by atoms with Gasteiger partial charge in [0.25, 0.3) is 0 Å². The van der Waals surface area contributed by atoms with E-state index in [-0.39, 0.29) is 87.0 Å². The minimum Gasteiger partial charge on any atom is -0.508 e. The summed E-state index contributed by atoms with van der Waals surface area (Å²) in [6.45, 7) is 17.1. The van der Waals surface area contributed by atoms with E-state index in [2.05, 4.69) is 63.8 Å². The van der Waals surface area contributed by atoms with Gasteiger partial charge in [0.05, 0.1) is 6.10 Å². The summed E-state index contributed by atoms with van der Waals surface area (Å²) in [7, 11) is 0. The highest BCUT2D eigenvalue weighted by molar-refractivity contribution is 6.01. The molecule has 3 aromatic carbocycles. The summed E-state index contributed by atoms with van der Waals surface area (Å²) < 4.78 is 0. The van der Waals surface area contributed by atoms with Gasteiger partial charge < -0.3 is 101 Å². The van der Waals surface area contributed by atoms with Crippen molar-refractivity contribution in [2.75, 3.05) is 6.54 Å². The van der Waals surface area contributed by atoms with E-state index < -0.39 is 180 Å². The standard InChI is InChI=1S/C74H111N15O19/c1-39(2)33-53(66(101)79-50(62(77)97)19-15-16-32-75)82-65(100)52(29-31-60(95)96)81-72(107)61(43(8)90)88-70(105)57(36-45-17-13-12-14-18-45)86-68(103)56(37-46-20-24-48(92)25-21-46)85-69(104)58(38-47-22-26-49(93)27-23-47)87-73(108)74(10,11)89-71(106)55(35-41(5)6)84-67(102)54(34-40(3)4)83-64(99)51(28-30-59(76)94)80-63(98)42(7)78-44(9)91/h12-14,17-18,20-27,39-43,50-58,61,90,92-93H,15-16,19,28-38,75H2,1-11H3,(H2,76,94)(H2,77,97)(H,78,91)(H,79,101)(H,80,98)(H,81,107)(H,82,100)(H,83,99)(H,84,102)(H,85,104)(H,86,103)(H,87,108)(H,88,105)(H,89,106)(H,95,96)/t42-,43+,50-,51-,52-,53-,54-,55-,56-,57-,58-,61-/m0/s1. The topological polar surface area (TPSA) is 559 Å². The van der Waals surface area contributed by atoms with E-state index in [0.717, 1.165) is 6.92 Å². The van der Waals surface area contributed by atoms with E-state index in [1.165, 1.54) is 76.2 Å². The fraction of sp³-hybridized carbons (Fsp3) is 0.554. The van der Waals surface area contributed by atoms with E-state index in [1.54, 1.807) is 71.9 Å². The monoisotopic (exact) mass is 1510 g/mol. The van der Waals surface area contributed by atoms with E-state index in [0.29, 0.717) is 36.1 Å². The van der Waals surface area contributed by atoms with Crippen molar-refractivity contribution in [3.05, 3.63) is 95.6 Å². The Morgan fingerprint density at radius 2 is 0.769 bits per heavy atom. The lowest BCUT2D eigenvalue weighted by Gasteiger charge is -2.32. The highest BCUT2D eigenvalue weighted by atomic mass is 16.4. The number of hydrogen-bond acceptors (Lipinski definition) is 19. The molecule has 22 N–H and O–H groups in total. The smallest absolute Gasteiger partial charge is 0.303 e. The fourth-order valence-electron chi connectivity index (χ4n) is 11.2. The van der Waals surface area contributed by atoms with Gasteiger partial charge in [-0.3, -0.25) is 71.9 Å². The number of amides is 14. The molecule has 0 fully saturated rings. The number of carbonyl (C=O) groups is 15. The summed E-state index contributed by atoms with van der Waals surface area (Å²) >= 11 is 0. The third-order valence-electron chi connectivity index (χ3n) is 17.0. The number of hydrogen-bond donors (Lipinski definition) is 19. The lowest BCUT2D eigenvalue weighted by Crippen LogP contribution is -2.64. The number of aromatic hydroxyl groups is 2. The van der Waals surface area contributed by atoms with Gasteiger partial charge in [0.15, 0.2) is 0 Å². The molecule has 108 heavy (non-hydrogen) atoms. The summed E-state index contributed by atoms with van der Waals surface area (Å²) in [6.07, 6.45) is -3.55. The Morgan fingerprint density at radius 1 is 0.407 bits per heavy atom. The van der Waals surface area contributed by atoms with Crippen LogP contribution in [0.1, 0.15) is 157 Å². The van der Waals surface area contributed by atoms with Crippen LogP contribution in [0.5, 0.6) is 11.5 Å². The van der Waals surface area contributed by atoms with Crippen LogP contribution in [0.2, 0.25) is 0 Å². The maximum Gasteiger partial charge on any atom is 0.303 e. The van der Waals surface area contributed by atoms with Crippen molar-refractivity contribution >= 4 is 88.7 Å². The number of phenols is 2. The molecule has 0 aliphatic carbocycles. The molecule has 0 spiro atoms. The summed E-state index contributed by atoms with van der Waals surface area (Å²) in [5, 5.41) is 72.1. The van der Waals surface area contributed by atoms with Crippen LogP contribution in [0.15, 0.2) is 78.9 Å². The first kappa shape index (κ1) is 91.4. The van der Waals surface area contributed by atoms with Crippen molar-refractivity contribution in [2.45, 2.75) is 238 Å². The number of nitrogens with two attached hydrogens (primary N) is 3. The second-order valence-electron chi connectivity index (χ2n) is 28.7. The van der Waals surface area contributed by atoms with Crippen LogP contribution in [0.3, 0.4) is 0 Å². The number of unbranched alkanes of at least 4 members (excludes halogenated alkanes) is 1. The summed E-state index contributed by atoms with van der Waals surface area (Å²) in [4.78, 5) is 205. The molecule has 0 saturated carbocycles. The number of aliphatic hydroxyl groups is 1. The van der Waals surface area contributed by atoms with Gasteiger partial charge in [0.1, 0.15) is 83.5 Å². The predicted octanol–water partition coefficient (Wildman–Crippen LogP) is -1.34. The average molecular weight is 1510 g/mol. The lowest BCUT2D eigenvalue weighted by atomic mass is 9.97. The largest absolute Gasteiger partial charge is 0.508 e.